The van der Waals surface area contributed by atoms with Crippen LogP contribution in [0.25, 0.3) is 0 Å². The number of amides is 3. The first kappa shape index (κ1) is 23.2. The van der Waals surface area contributed by atoms with Crippen LogP contribution in [0.1, 0.15) is 40.2 Å². The summed E-state index contributed by atoms with van der Waals surface area (Å²) in [5.41, 5.74) is 3.41. The Hall–Kier alpha value is -4.01. The number of carbonyl (C=O) groups is 3. The third kappa shape index (κ3) is 5.48. The van der Waals surface area contributed by atoms with E-state index in [1.54, 1.807) is 40.9 Å². The molecule has 0 radical (unpaired) electrons. The quantitative estimate of drug-likeness (QED) is 0.563. The number of aryl methyl sites for hydroxylation is 1. The number of benzene rings is 2. The zero-order valence-electron chi connectivity index (χ0n) is 18.9. The second-order valence-electron chi connectivity index (χ2n) is 8.19. The second kappa shape index (κ2) is 10.3. The van der Waals surface area contributed by atoms with Crippen LogP contribution in [-0.2, 0) is 36.1 Å². The lowest BCUT2D eigenvalue weighted by atomic mass is 10.0. The largest absolute Gasteiger partial charge is 0.352 e. The summed E-state index contributed by atoms with van der Waals surface area (Å²) in [6.45, 7) is 1.05. The van der Waals surface area contributed by atoms with Gasteiger partial charge in [-0.15, -0.1) is 0 Å². The lowest BCUT2D eigenvalue weighted by Gasteiger charge is -2.27. The summed E-state index contributed by atoms with van der Waals surface area (Å²) in [6, 6.07) is 15.0. The monoisotopic (exact) mass is 463 g/mol. The lowest BCUT2D eigenvalue weighted by molar-refractivity contribution is -0.134. The molecule has 2 heterocycles. The first-order valence-corrected chi connectivity index (χ1v) is 11.1. The van der Waals surface area contributed by atoms with Crippen LogP contribution in [0.3, 0.4) is 0 Å². The summed E-state index contributed by atoms with van der Waals surface area (Å²) in [5, 5.41) is 9.98. The number of halogens is 1. The van der Waals surface area contributed by atoms with E-state index in [4.69, 9.17) is 0 Å². The Labute approximate surface area is 196 Å². The summed E-state index contributed by atoms with van der Waals surface area (Å²) >= 11 is 0. The van der Waals surface area contributed by atoms with Gasteiger partial charge in [-0.05, 0) is 29.8 Å². The predicted molar refractivity (Wildman–Crippen MR) is 124 cm³/mol. The van der Waals surface area contributed by atoms with Crippen LogP contribution in [0.2, 0.25) is 0 Å². The van der Waals surface area contributed by atoms with Gasteiger partial charge < -0.3 is 15.5 Å². The molecular weight excluding hydrogens is 437 g/mol. The highest BCUT2D eigenvalue weighted by atomic mass is 19.1. The summed E-state index contributed by atoms with van der Waals surface area (Å²) < 4.78 is 14.7. The van der Waals surface area contributed by atoms with Crippen molar-refractivity contribution >= 4 is 23.4 Å². The number of hydrogen-bond donors (Lipinski definition) is 2. The third-order valence-electron chi connectivity index (χ3n) is 5.81. The fourth-order valence-electron chi connectivity index (χ4n) is 3.97. The topological polar surface area (TPSA) is 96.3 Å². The third-order valence-corrected chi connectivity index (χ3v) is 5.81. The Morgan fingerprint density at radius 1 is 1.03 bits per heavy atom. The van der Waals surface area contributed by atoms with E-state index in [-0.39, 0.29) is 49.5 Å². The molecule has 9 heteroatoms. The summed E-state index contributed by atoms with van der Waals surface area (Å²) in [6.07, 6.45) is 0.703. The second-order valence-corrected chi connectivity index (χ2v) is 8.19. The highest BCUT2D eigenvalue weighted by Crippen LogP contribution is 2.24. The molecule has 1 aromatic heterocycles. The van der Waals surface area contributed by atoms with Crippen molar-refractivity contribution in [1.29, 1.82) is 0 Å². The highest BCUT2D eigenvalue weighted by molar-refractivity contribution is 6.04. The van der Waals surface area contributed by atoms with Crippen molar-refractivity contribution in [3.8, 4) is 0 Å². The molecule has 1 aliphatic heterocycles. The molecule has 2 aromatic carbocycles. The molecule has 34 heavy (non-hydrogen) atoms. The van der Waals surface area contributed by atoms with Crippen LogP contribution < -0.4 is 10.6 Å². The van der Waals surface area contributed by atoms with Crippen molar-refractivity contribution in [3.63, 3.8) is 0 Å². The zero-order valence-corrected chi connectivity index (χ0v) is 18.9. The maximum atomic E-state index is 13.0. The fourth-order valence-corrected chi connectivity index (χ4v) is 3.97. The minimum absolute atomic E-state index is 0.0533. The van der Waals surface area contributed by atoms with Gasteiger partial charge in [-0.2, -0.15) is 5.10 Å². The molecule has 1 aliphatic rings. The fraction of sp³-hybridized carbons (Fsp3) is 0.280. The van der Waals surface area contributed by atoms with E-state index in [0.29, 0.717) is 24.3 Å². The van der Waals surface area contributed by atoms with Gasteiger partial charge in [-0.3, -0.25) is 19.1 Å². The average Bonchev–Trinajstić information content (AvgIpc) is 3.18. The van der Waals surface area contributed by atoms with E-state index >= 15 is 0 Å². The molecule has 0 unspecified atom stereocenters. The molecule has 2 N–H and O–H groups in total. The van der Waals surface area contributed by atoms with Crippen LogP contribution in [0, 0.1) is 5.82 Å². The molecule has 0 saturated carbocycles. The normalized spacial score (nSPS) is 12.7. The van der Waals surface area contributed by atoms with E-state index in [9.17, 15) is 18.8 Å². The number of carbonyl (C=O) groups excluding carboxylic acids is 3. The molecule has 0 bridgehead atoms. The molecule has 0 aliphatic carbocycles. The SMILES string of the molecule is Cn1nc(C(=O)Nc2ccccc2)c2c1CCN(C(=O)CCC(=O)NCc1ccc(F)cc1)C2. The van der Waals surface area contributed by atoms with E-state index in [1.165, 1.54) is 12.1 Å². The predicted octanol–water partition coefficient (Wildman–Crippen LogP) is 2.79. The first-order valence-electron chi connectivity index (χ1n) is 11.1. The maximum absolute atomic E-state index is 13.0. The van der Waals surface area contributed by atoms with Gasteiger partial charge in [-0.25, -0.2) is 4.39 Å². The molecule has 0 spiro atoms. The Morgan fingerprint density at radius 3 is 2.50 bits per heavy atom. The summed E-state index contributed by atoms with van der Waals surface area (Å²) in [4.78, 5) is 39.4. The van der Waals surface area contributed by atoms with Crippen LogP contribution in [0.15, 0.2) is 54.6 Å². The van der Waals surface area contributed by atoms with Gasteiger partial charge in [0.25, 0.3) is 5.91 Å². The van der Waals surface area contributed by atoms with Crippen molar-refractivity contribution in [3.05, 3.63) is 82.9 Å². The summed E-state index contributed by atoms with van der Waals surface area (Å²) in [5.74, 6) is -1.06. The lowest BCUT2D eigenvalue weighted by Crippen LogP contribution is -2.37. The number of nitrogens with one attached hydrogen (secondary N) is 2. The van der Waals surface area contributed by atoms with Crippen molar-refractivity contribution in [1.82, 2.24) is 20.0 Å². The van der Waals surface area contributed by atoms with Crippen LogP contribution >= 0.6 is 0 Å². The van der Waals surface area contributed by atoms with Crippen molar-refractivity contribution in [2.24, 2.45) is 7.05 Å². The Kier molecular flexibility index (Phi) is 7.01. The van der Waals surface area contributed by atoms with E-state index in [1.807, 2.05) is 18.2 Å². The highest BCUT2D eigenvalue weighted by Gasteiger charge is 2.29. The first-order chi connectivity index (χ1) is 16.4. The van der Waals surface area contributed by atoms with Gasteiger partial charge in [0.15, 0.2) is 5.69 Å². The number of fused-ring (bicyclic) bond motifs is 1. The van der Waals surface area contributed by atoms with Crippen LogP contribution in [-0.4, -0.2) is 38.9 Å². The number of aromatic nitrogens is 2. The summed E-state index contributed by atoms with van der Waals surface area (Å²) in [7, 11) is 1.79. The average molecular weight is 464 g/mol. The van der Waals surface area contributed by atoms with Crippen LogP contribution in [0.4, 0.5) is 10.1 Å². The molecule has 0 atom stereocenters. The van der Waals surface area contributed by atoms with Gasteiger partial charge in [0.05, 0.1) is 0 Å². The van der Waals surface area contributed by atoms with Gasteiger partial charge in [0.1, 0.15) is 5.82 Å². The molecule has 0 saturated heterocycles. The van der Waals surface area contributed by atoms with Gasteiger partial charge >= 0.3 is 0 Å². The molecule has 0 fully saturated rings. The number of nitrogens with zero attached hydrogens (tertiary/aromatic N) is 3. The van der Waals surface area contributed by atoms with Gasteiger partial charge in [0.2, 0.25) is 11.8 Å². The smallest absolute Gasteiger partial charge is 0.276 e. The Balaban J connectivity index is 1.33. The zero-order chi connectivity index (χ0) is 24.1. The maximum Gasteiger partial charge on any atom is 0.276 e. The number of hydrogen-bond acceptors (Lipinski definition) is 4. The molecule has 4 rings (SSSR count). The van der Waals surface area contributed by atoms with E-state index in [2.05, 4.69) is 15.7 Å². The molecule has 8 nitrogen and oxygen atoms in total. The number of rotatable bonds is 7. The van der Waals surface area contributed by atoms with E-state index < -0.39 is 0 Å². The minimum atomic E-state index is -0.334. The molecule has 3 amide bonds. The molecule has 3 aromatic rings. The number of anilines is 1. The van der Waals surface area contributed by atoms with Gasteiger partial charge in [-0.1, -0.05) is 30.3 Å². The van der Waals surface area contributed by atoms with Crippen molar-refractivity contribution in [2.45, 2.75) is 32.4 Å². The molecular formula is C25H26FN5O3. The Morgan fingerprint density at radius 2 is 1.76 bits per heavy atom. The molecule has 176 valence electrons. The van der Waals surface area contributed by atoms with Crippen LogP contribution in [0.5, 0.6) is 0 Å². The standard InChI is InChI=1S/C25H26FN5O3/c1-30-21-13-14-31(16-20(21)24(29-30)25(34)28-19-5-3-2-4-6-19)23(33)12-11-22(32)27-15-17-7-9-18(26)10-8-17/h2-10H,11-16H2,1H3,(H,27,32)(H,28,34). The van der Waals surface area contributed by atoms with E-state index in [0.717, 1.165) is 16.8 Å². The number of para-hydroxylation sites is 1. The minimum Gasteiger partial charge on any atom is -0.352 e. The van der Waals surface area contributed by atoms with Gasteiger partial charge in [0, 0.05) is 62.9 Å². The Bertz CT molecular complexity index is 1190. The van der Waals surface area contributed by atoms with Crippen molar-refractivity contribution in [2.75, 3.05) is 11.9 Å². The van der Waals surface area contributed by atoms with Crippen molar-refractivity contribution < 1.29 is 18.8 Å².